The van der Waals surface area contributed by atoms with E-state index in [1.165, 1.54) is 17.7 Å². The van der Waals surface area contributed by atoms with Crippen LogP contribution in [0.3, 0.4) is 0 Å². The molecule has 1 aliphatic rings. The van der Waals surface area contributed by atoms with Gasteiger partial charge in [0.1, 0.15) is 0 Å². The van der Waals surface area contributed by atoms with Gasteiger partial charge < -0.3 is 0 Å². The van der Waals surface area contributed by atoms with Gasteiger partial charge in [0.05, 0.1) is 11.0 Å². The van der Waals surface area contributed by atoms with Crippen molar-refractivity contribution in [2.45, 2.75) is 44.1 Å². The molecule has 1 atom stereocenters. The Morgan fingerprint density at radius 2 is 1.84 bits per heavy atom. The van der Waals surface area contributed by atoms with E-state index < -0.39 is 10.1 Å². The minimum Gasteiger partial charge on any atom is -0.216 e. The molecule has 0 amide bonds. The molecule has 0 N–H and O–H groups in total. The third-order valence-corrected chi connectivity index (χ3v) is 4.27. The van der Waals surface area contributed by atoms with Crippen molar-refractivity contribution in [2.24, 2.45) is 0 Å². The van der Waals surface area contributed by atoms with E-state index in [9.17, 15) is 8.42 Å². The topological polar surface area (TPSA) is 52.6 Å². The van der Waals surface area contributed by atoms with Crippen LogP contribution in [0.1, 0.15) is 31.7 Å². The van der Waals surface area contributed by atoms with Crippen molar-refractivity contribution in [3.05, 3.63) is 41.5 Å². The zero-order valence-electron chi connectivity index (χ0n) is 11.1. The van der Waals surface area contributed by atoms with Gasteiger partial charge in [-0.15, -0.1) is 4.33 Å². The monoisotopic (exact) mass is 282 g/mol. The van der Waals surface area contributed by atoms with Crippen molar-refractivity contribution >= 4 is 10.1 Å². The molecular weight excluding hydrogens is 264 g/mol. The van der Waals surface area contributed by atoms with Gasteiger partial charge in [0, 0.05) is 0 Å². The Hall–Kier alpha value is -1.17. The molecule has 0 spiro atoms. The maximum absolute atomic E-state index is 11.9. The summed E-state index contributed by atoms with van der Waals surface area (Å²) in [7, 11) is -3.83. The fourth-order valence-electron chi connectivity index (χ4n) is 1.88. The van der Waals surface area contributed by atoms with Gasteiger partial charge in [0.15, 0.2) is 0 Å². The fraction of sp³-hybridized carbons (Fsp3) is 0.429. The lowest BCUT2D eigenvalue weighted by atomic mass is 9.99. The minimum atomic E-state index is -3.83. The lowest BCUT2D eigenvalue weighted by Crippen LogP contribution is -2.18. The van der Waals surface area contributed by atoms with Crippen LogP contribution in [-0.4, -0.2) is 14.5 Å². The number of hydrogen-bond donors (Lipinski definition) is 0. The Labute approximate surface area is 114 Å². The quantitative estimate of drug-likeness (QED) is 0.483. The second-order valence-corrected chi connectivity index (χ2v) is 6.39. The van der Waals surface area contributed by atoms with Gasteiger partial charge in [-0.2, -0.15) is 8.42 Å². The zero-order chi connectivity index (χ0) is 13.9. The van der Waals surface area contributed by atoms with Crippen molar-refractivity contribution in [1.82, 2.24) is 0 Å². The second kappa shape index (κ2) is 5.86. The number of benzene rings is 1. The van der Waals surface area contributed by atoms with E-state index in [2.05, 4.69) is 17.3 Å². The SMILES string of the molecule is CC1=CC[C@@H](OOS(=O)(=O)c2ccc(C)cc2)CC1. The summed E-state index contributed by atoms with van der Waals surface area (Å²) in [6.45, 7) is 3.95. The van der Waals surface area contributed by atoms with E-state index in [0.29, 0.717) is 6.42 Å². The molecule has 1 aromatic carbocycles. The average molecular weight is 282 g/mol. The third kappa shape index (κ3) is 3.89. The predicted molar refractivity (Wildman–Crippen MR) is 71.9 cm³/mol. The van der Waals surface area contributed by atoms with Crippen LogP contribution in [0.25, 0.3) is 0 Å². The van der Waals surface area contributed by atoms with Crippen molar-refractivity contribution in [2.75, 3.05) is 0 Å². The number of hydrogen-bond acceptors (Lipinski definition) is 4. The van der Waals surface area contributed by atoms with Gasteiger partial charge >= 0.3 is 10.1 Å². The first-order valence-corrected chi connectivity index (χ1v) is 7.70. The molecule has 0 radical (unpaired) electrons. The molecule has 4 nitrogen and oxygen atoms in total. The van der Waals surface area contributed by atoms with E-state index >= 15 is 0 Å². The van der Waals surface area contributed by atoms with Crippen molar-refractivity contribution in [3.8, 4) is 0 Å². The molecule has 0 fully saturated rings. The van der Waals surface area contributed by atoms with Gasteiger partial charge in [-0.3, -0.25) is 0 Å². The fourth-order valence-corrected chi connectivity index (χ4v) is 2.64. The van der Waals surface area contributed by atoms with Gasteiger partial charge in [-0.05, 0) is 45.2 Å². The van der Waals surface area contributed by atoms with Crippen LogP contribution in [-0.2, 0) is 19.3 Å². The Morgan fingerprint density at radius 3 is 2.42 bits per heavy atom. The Bertz CT molecular complexity index is 558. The second-order valence-electron chi connectivity index (χ2n) is 4.88. The molecule has 0 bridgehead atoms. The molecule has 2 rings (SSSR count). The molecule has 0 aliphatic heterocycles. The van der Waals surface area contributed by atoms with E-state index in [4.69, 9.17) is 4.89 Å². The summed E-state index contributed by atoms with van der Waals surface area (Å²) in [4.78, 5) is 5.16. The number of allylic oxidation sites excluding steroid dienone is 1. The summed E-state index contributed by atoms with van der Waals surface area (Å²) in [6, 6.07) is 6.48. The zero-order valence-corrected chi connectivity index (χ0v) is 11.9. The highest BCUT2D eigenvalue weighted by Gasteiger charge is 2.21. The Morgan fingerprint density at radius 1 is 1.16 bits per heavy atom. The summed E-state index contributed by atoms with van der Waals surface area (Å²) in [5.41, 5.74) is 2.30. The molecule has 0 unspecified atom stereocenters. The maximum atomic E-state index is 11.9. The van der Waals surface area contributed by atoms with Crippen LogP contribution in [0.2, 0.25) is 0 Å². The van der Waals surface area contributed by atoms with Crippen LogP contribution in [0.15, 0.2) is 40.8 Å². The van der Waals surface area contributed by atoms with Crippen LogP contribution < -0.4 is 0 Å². The molecule has 1 aromatic rings. The Balaban J connectivity index is 1.96. The number of rotatable bonds is 4. The van der Waals surface area contributed by atoms with E-state index in [0.717, 1.165) is 18.4 Å². The molecule has 0 saturated heterocycles. The van der Waals surface area contributed by atoms with Crippen molar-refractivity contribution in [3.63, 3.8) is 0 Å². The van der Waals surface area contributed by atoms with E-state index in [-0.39, 0.29) is 11.0 Å². The first-order chi connectivity index (χ1) is 8.97. The summed E-state index contributed by atoms with van der Waals surface area (Å²) in [5.74, 6) is 0. The molecule has 1 aliphatic carbocycles. The highest BCUT2D eigenvalue weighted by Crippen LogP contribution is 2.22. The molecule has 19 heavy (non-hydrogen) atoms. The van der Waals surface area contributed by atoms with Gasteiger partial charge in [0.2, 0.25) is 0 Å². The third-order valence-electron chi connectivity index (χ3n) is 3.16. The summed E-state index contributed by atoms with van der Waals surface area (Å²) >= 11 is 0. The van der Waals surface area contributed by atoms with Crippen LogP contribution in [0.4, 0.5) is 0 Å². The normalized spacial score (nSPS) is 20.1. The summed E-state index contributed by atoms with van der Waals surface area (Å²) < 4.78 is 28.4. The molecule has 0 saturated carbocycles. The van der Waals surface area contributed by atoms with Crippen LogP contribution >= 0.6 is 0 Å². The largest absolute Gasteiger partial charge is 0.323 e. The summed E-state index contributed by atoms with van der Waals surface area (Å²) in [6.07, 6.45) is 4.25. The van der Waals surface area contributed by atoms with Gasteiger partial charge in [-0.1, -0.05) is 29.3 Å². The molecule has 104 valence electrons. The van der Waals surface area contributed by atoms with Crippen molar-refractivity contribution < 1.29 is 17.6 Å². The smallest absolute Gasteiger partial charge is 0.216 e. The van der Waals surface area contributed by atoms with Crippen LogP contribution in [0.5, 0.6) is 0 Å². The van der Waals surface area contributed by atoms with E-state index in [1.54, 1.807) is 12.1 Å². The van der Waals surface area contributed by atoms with Gasteiger partial charge in [-0.25, -0.2) is 4.89 Å². The predicted octanol–water partition coefficient (Wildman–Crippen LogP) is 3.13. The van der Waals surface area contributed by atoms with Gasteiger partial charge in [0.25, 0.3) is 0 Å². The molecule has 0 heterocycles. The first kappa shape index (κ1) is 14.2. The lowest BCUT2D eigenvalue weighted by Gasteiger charge is -2.19. The van der Waals surface area contributed by atoms with E-state index in [1.807, 2.05) is 6.92 Å². The average Bonchev–Trinajstić information content (AvgIpc) is 2.39. The molecular formula is C14H18O4S. The molecule has 0 aromatic heterocycles. The number of aryl methyl sites for hydroxylation is 1. The minimum absolute atomic E-state index is 0.112. The first-order valence-electron chi connectivity index (χ1n) is 6.29. The highest BCUT2D eigenvalue weighted by molar-refractivity contribution is 7.86. The standard InChI is InChI=1S/C14H18O4S/c1-11-3-7-13(8-4-11)17-18-19(15,16)14-9-5-12(2)6-10-14/h3,5-6,9-10,13H,4,7-8H2,1-2H3/t13-/m1/s1. The highest BCUT2D eigenvalue weighted by atomic mass is 32.2. The lowest BCUT2D eigenvalue weighted by molar-refractivity contribution is -0.241. The maximum Gasteiger partial charge on any atom is 0.323 e. The molecule has 5 heteroatoms. The summed E-state index contributed by atoms with van der Waals surface area (Å²) in [5, 5.41) is 0. The Kier molecular flexibility index (Phi) is 4.39. The van der Waals surface area contributed by atoms with Crippen molar-refractivity contribution in [1.29, 1.82) is 0 Å². The van der Waals surface area contributed by atoms with Crippen LogP contribution in [0, 0.1) is 6.92 Å².